The van der Waals surface area contributed by atoms with Crippen LogP contribution in [0.2, 0.25) is 20.1 Å². The first-order valence-electron chi connectivity index (χ1n) is 10.6. The summed E-state index contributed by atoms with van der Waals surface area (Å²) in [4.78, 5) is 32.5. The molecule has 1 fully saturated rings. The Morgan fingerprint density at radius 2 is 1.51 bits per heavy atom. The van der Waals surface area contributed by atoms with Crippen LogP contribution < -0.4 is 5.32 Å². The van der Waals surface area contributed by atoms with Gasteiger partial charge in [-0.15, -0.1) is 0 Å². The first kappa shape index (κ1) is 25.9. The maximum Gasteiger partial charge on any atom is 0.238 e. The van der Waals surface area contributed by atoms with Crippen LogP contribution in [0.15, 0.2) is 71.7 Å². The number of anilines is 1. The van der Waals surface area contributed by atoms with E-state index in [1.165, 1.54) is 11.8 Å². The number of hydrogen-bond acceptors (Lipinski definition) is 4. The lowest BCUT2D eigenvalue weighted by Crippen LogP contribution is -2.46. The summed E-state index contributed by atoms with van der Waals surface area (Å²) in [6.45, 7) is 0.415. The molecule has 1 atom stereocenters. The molecule has 1 saturated heterocycles. The van der Waals surface area contributed by atoms with Gasteiger partial charge in [-0.3, -0.25) is 14.5 Å². The van der Waals surface area contributed by atoms with Crippen molar-refractivity contribution in [3.05, 3.63) is 92.4 Å². The van der Waals surface area contributed by atoms with E-state index in [0.717, 1.165) is 5.56 Å². The van der Waals surface area contributed by atoms with Gasteiger partial charge in [0.1, 0.15) is 5.25 Å². The molecule has 0 bridgehead atoms. The SMILES string of the molecule is O=C(Nc1cc(Cl)cc(Cl)c1)C1CC(=O)N(CCc2ccc(Cl)cc2)C(=Nc2ccc(Cl)cc2)S1. The van der Waals surface area contributed by atoms with Gasteiger partial charge in [0.25, 0.3) is 0 Å². The van der Waals surface area contributed by atoms with Crippen molar-refractivity contribution < 1.29 is 9.59 Å². The lowest BCUT2D eigenvalue weighted by molar-refractivity contribution is -0.129. The maximum absolute atomic E-state index is 13.2. The molecule has 0 aromatic heterocycles. The topological polar surface area (TPSA) is 61.8 Å². The zero-order chi connectivity index (χ0) is 24.9. The molecule has 1 heterocycles. The number of hydrogen-bond donors (Lipinski definition) is 1. The molecule has 4 rings (SSSR count). The van der Waals surface area contributed by atoms with Crippen molar-refractivity contribution in [2.45, 2.75) is 18.1 Å². The van der Waals surface area contributed by atoms with Crippen LogP contribution in [0.4, 0.5) is 11.4 Å². The maximum atomic E-state index is 13.2. The molecule has 0 spiro atoms. The highest BCUT2D eigenvalue weighted by Crippen LogP contribution is 2.31. The van der Waals surface area contributed by atoms with Crippen LogP contribution in [-0.2, 0) is 16.0 Å². The molecule has 0 aliphatic carbocycles. The largest absolute Gasteiger partial charge is 0.325 e. The predicted molar refractivity (Wildman–Crippen MR) is 147 cm³/mol. The fraction of sp³-hybridized carbons (Fsp3) is 0.160. The Morgan fingerprint density at radius 1 is 0.914 bits per heavy atom. The lowest BCUT2D eigenvalue weighted by Gasteiger charge is -2.32. The van der Waals surface area contributed by atoms with E-state index in [2.05, 4.69) is 10.3 Å². The van der Waals surface area contributed by atoms with Crippen LogP contribution in [0.3, 0.4) is 0 Å². The highest BCUT2D eigenvalue weighted by molar-refractivity contribution is 8.15. The Morgan fingerprint density at radius 3 is 2.14 bits per heavy atom. The highest BCUT2D eigenvalue weighted by atomic mass is 35.5. The Labute approximate surface area is 227 Å². The molecular formula is C25H19Cl4N3O2S. The summed E-state index contributed by atoms with van der Waals surface area (Å²) in [7, 11) is 0. The van der Waals surface area contributed by atoms with Crippen LogP contribution >= 0.6 is 58.2 Å². The van der Waals surface area contributed by atoms with Crippen LogP contribution in [0.25, 0.3) is 0 Å². The van der Waals surface area contributed by atoms with Gasteiger partial charge in [0, 0.05) is 38.7 Å². The molecular weight excluding hydrogens is 548 g/mol. The van der Waals surface area contributed by atoms with Gasteiger partial charge in [0.05, 0.1) is 5.69 Å². The van der Waals surface area contributed by atoms with E-state index in [4.69, 9.17) is 46.4 Å². The molecule has 35 heavy (non-hydrogen) atoms. The number of carbonyl (C=O) groups is 2. The molecule has 1 aliphatic heterocycles. The first-order valence-corrected chi connectivity index (χ1v) is 13.0. The molecule has 1 N–H and O–H groups in total. The van der Waals surface area contributed by atoms with Gasteiger partial charge in [-0.25, -0.2) is 4.99 Å². The zero-order valence-corrected chi connectivity index (χ0v) is 22.0. The monoisotopic (exact) mass is 565 g/mol. The van der Waals surface area contributed by atoms with Crippen molar-refractivity contribution in [2.75, 3.05) is 11.9 Å². The second-order valence-corrected chi connectivity index (χ2v) is 10.7. The summed E-state index contributed by atoms with van der Waals surface area (Å²) < 4.78 is 0. The standard InChI is InChI=1S/C25H19Cl4N3O2S/c26-16-3-1-15(2-4-16)9-10-32-23(33)14-22(24(34)30-21-12-18(28)11-19(29)13-21)35-25(32)31-20-7-5-17(27)6-8-20/h1-8,11-13,22H,9-10,14H2,(H,30,34). The van der Waals surface area contributed by atoms with Gasteiger partial charge in [-0.2, -0.15) is 0 Å². The van der Waals surface area contributed by atoms with Crippen molar-refractivity contribution in [3.63, 3.8) is 0 Å². The number of aliphatic imine (C=N–C) groups is 1. The van der Waals surface area contributed by atoms with Crippen LogP contribution in [0.5, 0.6) is 0 Å². The average Bonchev–Trinajstić information content (AvgIpc) is 2.80. The van der Waals surface area contributed by atoms with Crippen molar-refractivity contribution in [1.82, 2.24) is 4.90 Å². The number of rotatable bonds is 6. The fourth-order valence-corrected chi connectivity index (χ4v) is 5.33. The Balaban J connectivity index is 1.55. The Kier molecular flexibility index (Phi) is 8.63. The summed E-state index contributed by atoms with van der Waals surface area (Å²) in [6, 6.07) is 19.2. The number of thioether (sulfide) groups is 1. The molecule has 10 heteroatoms. The van der Waals surface area contributed by atoms with E-state index >= 15 is 0 Å². The Hall–Kier alpha value is -2.22. The molecule has 3 aromatic carbocycles. The second kappa shape index (κ2) is 11.7. The van der Waals surface area contributed by atoms with Crippen LogP contribution in [0, 0.1) is 0 Å². The van der Waals surface area contributed by atoms with Crippen molar-refractivity contribution in [1.29, 1.82) is 0 Å². The molecule has 180 valence electrons. The smallest absolute Gasteiger partial charge is 0.238 e. The lowest BCUT2D eigenvalue weighted by atomic mass is 10.1. The van der Waals surface area contributed by atoms with Gasteiger partial charge in [-0.05, 0) is 66.6 Å². The number of benzene rings is 3. The molecule has 0 radical (unpaired) electrons. The average molecular weight is 567 g/mol. The fourth-order valence-electron chi connectivity index (χ4n) is 3.43. The van der Waals surface area contributed by atoms with Crippen molar-refractivity contribution in [2.24, 2.45) is 4.99 Å². The molecule has 1 unspecified atom stereocenters. The summed E-state index contributed by atoms with van der Waals surface area (Å²) in [5.74, 6) is -0.516. The van der Waals surface area contributed by atoms with E-state index in [-0.39, 0.29) is 18.2 Å². The van der Waals surface area contributed by atoms with Crippen molar-refractivity contribution in [3.8, 4) is 0 Å². The molecule has 3 aromatic rings. The minimum atomic E-state index is -0.668. The highest BCUT2D eigenvalue weighted by Gasteiger charge is 2.35. The van der Waals surface area contributed by atoms with Crippen molar-refractivity contribution >= 4 is 86.5 Å². The number of halogens is 4. The van der Waals surface area contributed by atoms with E-state index in [1.54, 1.807) is 47.4 Å². The zero-order valence-electron chi connectivity index (χ0n) is 18.2. The van der Waals surface area contributed by atoms with E-state index in [1.807, 2.05) is 24.3 Å². The third-order valence-electron chi connectivity index (χ3n) is 5.15. The van der Waals surface area contributed by atoms with Gasteiger partial charge in [0.15, 0.2) is 5.17 Å². The number of nitrogens with one attached hydrogen (secondary N) is 1. The van der Waals surface area contributed by atoms with Gasteiger partial charge in [-0.1, -0.05) is 70.3 Å². The summed E-state index contributed by atoms with van der Waals surface area (Å²) in [5, 5.41) is 4.61. The molecule has 5 nitrogen and oxygen atoms in total. The summed E-state index contributed by atoms with van der Waals surface area (Å²) >= 11 is 25.3. The summed E-state index contributed by atoms with van der Waals surface area (Å²) in [6.07, 6.45) is 0.645. The number of carbonyl (C=O) groups excluding carboxylic acids is 2. The Bertz CT molecular complexity index is 1250. The predicted octanol–water partition coefficient (Wildman–Crippen LogP) is 7.50. The minimum Gasteiger partial charge on any atom is -0.325 e. The number of amides is 2. The van der Waals surface area contributed by atoms with E-state index < -0.39 is 5.25 Å². The second-order valence-electron chi connectivity index (χ2n) is 7.75. The third-order valence-corrected chi connectivity index (χ3v) is 7.28. The van der Waals surface area contributed by atoms with Crippen LogP contribution in [0.1, 0.15) is 12.0 Å². The number of nitrogens with zero attached hydrogens (tertiary/aromatic N) is 2. The minimum absolute atomic E-state index is 0.0328. The van der Waals surface area contributed by atoms with Crippen LogP contribution in [-0.4, -0.2) is 33.7 Å². The molecule has 0 saturated carbocycles. The quantitative estimate of drug-likeness (QED) is 0.336. The van der Waals surface area contributed by atoms with Gasteiger partial charge < -0.3 is 5.32 Å². The first-order chi connectivity index (χ1) is 16.8. The summed E-state index contributed by atoms with van der Waals surface area (Å²) in [5.41, 5.74) is 2.13. The number of amidine groups is 1. The van der Waals surface area contributed by atoms with E-state index in [9.17, 15) is 9.59 Å². The van der Waals surface area contributed by atoms with E-state index in [0.29, 0.717) is 49.6 Å². The van der Waals surface area contributed by atoms with Gasteiger partial charge in [0.2, 0.25) is 11.8 Å². The normalized spacial score (nSPS) is 17.0. The molecule has 1 aliphatic rings. The molecule has 2 amide bonds. The van der Waals surface area contributed by atoms with Gasteiger partial charge >= 0.3 is 0 Å². The third kappa shape index (κ3) is 7.15.